The molecule has 5 heteroatoms. The van der Waals surface area contributed by atoms with Gasteiger partial charge in [-0.3, -0.25) is 0 Å². The van der Waals surface area contributed by atoms with Gasteiger partial charge in [0.05, 0.1) is 11.3 Å². The van der Waals surface area contributed by atoms with Crippen molar-refractivity contribution >= 4 is 23.1 Å². The molecule has 0 saturated carbocycles. The van der Waals surface area contributed by atoms with E-state index in [-0.39, 0.29) is 0 Å². The van der Waals surface area contributed by atoms with Gasteiger partial charge in [0.1, 0.15) is 11.9 Å². The molecule has 0 fully saturated rings. The maximum atomic E-state index is 9.20. The van der Waals surface area contributed by atoms with Crippen molar-refractivity contribution in [2.75, 3.05) is 10.6 Å². The zero-order chi connectivity index (χ0) is 17.6. The molecule has 0 aliphatic carbocycles. The normalized spacial score (nSPS) is 10.1. The van der Waals surface area contributed by atoms with Gasteiger partial charge in [-0.25, -0.2) is 4.98 Å². The third-order valence-corrected chi connectivity index (χ3v) is 3.94. The third-order valence-electron chi connectivity index (χ3n) is 3.94. The summed E-state index contributed by atoms with van der Waals surface area (Å²) in [5, 5.41) is 15.7. The summed E-state index contributed by atoms with van der Waals surface area (Å²) in [4.78, 5) is 8.82. The predicted octanol–water partition coefficient (Wildman–Crippen LogP) is 4.71. The van der Waals surface area contributed by atoms with Gasteiger partial charge in [0.25, 0.3) is 0 Å². The SMILES string of the molecule is CCc1cccc(C)c1Nc1nccc(Nc2ccccc2C#N)n1. The lowest BCUT2D eigenvalue weighted by Crippen LogP contribution is -2.04. The molecule has 0 aliphatic rings. The molecule has 0 bridgehead atoms. The number of nitrogens with one attached hydrogen (secondary N) is 2. The number of benzene rings is 2. The molecule has 2 N–H and O–H groups in total. The summed E-state index contributed by atoms with van der Waals surface area (Å²) in [6.07, 6.45) is 2.62. The van der Waals surface area contributed by atoms with Gasteiger partial charge in [-0.15, -0.1) is 0 Å². The number of nitrogens with zero attached hydrogens (tertiary/aromatic N) is 3. The van der Waals surface area contributed by atoms with Crippen LogP contribution in [-0.4, -0.2) is 9.97 Å². The van der Waals surface area contributed by atoms with Crippen molar-refractivity contribution in [2.24, 2.45) is 0 Å². The predicted molar refractivity (Wildman–Crippen MR) is 100 cm³/mol. The second-order valence-electron chi connectivity index (χ2n) is 5.64. The molecule has 1 heterocycles. The van der Waals surface area contributed by atoms with Crippen LogP contribution >= 0.6 is 0 Å². The monoisotopic (exact) mass is 329 g/mol. The number of anilines is 4. The molecule has 0 saturated heterocycles. The Kier molecular flexibility index (Phi) is 4.91. The van der Waals surface area contributed by atoms with Crippen LogP contribution in [0.15, 0.2) is 54.7 Å². The van der Waals surface area contributed by atoms with Crippen LogP contribution in [0, 0.1) is 18.3 Å². The molecule has 0 unspecified atom stereocenters. The van der Waals surface area contributed by atoms with Gasteiger partial charge in [0.2, 0.25) is 5.95 Å². The Hall–Kier alpha value is -3.39. The van der Waals surface area contributed by atoms with Crippen molar-refractivity contribution in [1.82, 2.24) is 9.97 Å². The minimum atomic E-state index is 0.517. The first-order valence-electron chi connectivity index (χ1n) is 8.16. The molecule has 3 rings (SSSR count). The molecule has 0 aliphatic heterocycles. The first-order valence-corrected chi connectivity index (χ1v) is 8.16. The zero-order valence-electron chi connectivity index (χ0n) is 14.2. The van der Waals surface area contributed by atoms with Crippen molar-refractivity contribution < 1.29 is 0 Å². The minimum absolute atomic E-state index is 0.517. The van der Waals surface area contributed by atoms with E-state index in [2.05, 4.69) is 58.7 Å². The van der Waals surface area contributed by atoms with E-state index in [1.807, 2.05) is 18.2 Å². The van der Waals surface area contributed by atoms with E-state index in [9.17, 15) is 5.26 Å². The van der Waals surface area contributed by atoms with Crippen LogP contribution in [0.4, 0.5) is 23.1 Å². The van der Waals surface area contributed by atoms with Crippen molar-refractivity contribution in [2.45, 2.75) is 20.3 Å². The summed E-state index contributed by atoms with van der Waals surface area (Å²) in [5.41, 5.74) is 4.70. The highest BCUT2D eigenvalue weighted by molar-refractivity contribution is 5.67. The molecule has 0 atom stereocenters. The van der Waals surface area contributed by atoms with Crippen LogP contribution in [0.2, 0.25) is 0 Å². The summed E-state index contributed by atoms with van der Waals surface area (Å²) in [6.45, 7) is 4.18. The standard InChI is InChI=1S/C20H19N5/c1-3-15-9-6-7-14(2)19(15)25-20-22-12-11-18(24-20)23-17-10-5-4-8-16(17)13-21/h4-12H,3H2,1-2H3,(H2,22,23,24,25). The second-order valence-corrected chi connectivity index (χ2v) is 5.64. The van der Waals surface area contributed by atoms with Crippen LogP contribution in [-0.2, 0) is 6.42 Å². The van der Waals surface area contributed by atoms with Gasteiger partial charge in [0, 0.05) is 11.9 Å². The first kappa shape index (κ1) is 16.5. The smallest absolute Gasteiger partial charge is 0.229 e. The summed E-state index contributed by atoms with van der Waals surface area (Å²) >= 11 is 0. The van der Waals surface area contributed by atoms with Crippen molar-refractivity contribution in [1.29, 1.82) is 5.26 Å². The Bertz CT molecular complexity index is 927. The van der Waals surface area contributed by atoms with Crippen molar-refractivity contribution in [3.63, 3.8) is 0 Å². The third kappa shape index (κ3) is 3.75. The number of aromatic nitrogens is 2. The molecule has 1 aromatic heterocycles. The van der Waals surface area contributed by atoms with Crippen LogP contribution in [0.25, 0.3) is 0 Å². The Morgan fingerprint density at radius 3 is 2.68 bits per heavy atom. The maximum Gasteiger partial charge on any atom is 0.229 e. The van der Waals surface area contributed by atoms with E-state index < -0.39 is 0 Å². The average Bonchev–Trinajstić information content (AvgIpc) is 2.64. The molecular weight excluding hydrogens is 310 g/mol. The first-order chi connectivity index (χ1) is 12.2. The fraction of sp³-hybridized carbons (Fsp3) is 0.150. The quantitative estimate of drug-likeness (QED) is 0.709. The zero-order valence-corrected chi connectivity index (χ0v) is 14.2. The van der Waals surface area contributed by atoms with E-state index in [1.54, 1.807) is 18.3 Å². The second kappa shape index (κ2) is 7.45. The Balaban J connectivity index is 1.87. The van der Waals surface area contributed by atoms with E-state index in [4.69, 9.17) is 0 Å². The molecule has 25 heavy (non-hydrogen) atoms. The number of para-hydroxylation sites is 2. The fourth-order valence-corrected chi connectivity index (χ4v) is 2.63. The van der Waals surface area contributed by atoms with Crippen LogP contribution in [0.3, 0.4) is 0 Å². The summed E-state index contributed by atoms with van der Waals surface area (Å²) in [7, 11) is 0. The summed E-state index contributed by atoms with van der Waals surface area (Å²) in [6, 6.07) is 17.5. The highest BCUT2D eigenvalue weighted by Crippen LogP contribution is 2.25. The van der Waals surface area contributed by atoms with E-state index in [0.717, 1.165) is 23.4 Å². The minimum Gasteiger partial charge on any atom is -0.339 e. The van der Waals surface area contributed by atoms with Crippen LogP contribution in [0.1, 0.15) is 23.6 Å². The molecule has 124 valence electrons. The lowest BCUT2D eigenvalue weighted by atomic mass is 10.1. The van der Waals surface area contributed by atoms with Gasteiger partial charge in [-0.2, -0.15) is 10.2 Å². The van der Waals surface area contributed by atoms with Crippen molar-refractivity contribution in [3.8, 4) is 6.07 Å². The topological polar surface area (TPSA) is 73.6 Å². The van der Waals surface area contributed by atoms with E-state index >= 15 is 0 Å². The Morgan fingerprint density at radius 1 is 1.04 bits per heavy atom. The molecule has 5 nitrogen and oxygen atoms in total. The van der Waals surface area contributed by atoms with E-state index in [1.165, 1.54) is 5.56 Å². The molecular formula is C20H19N5. The highest BCUT2D eigenvalue weighted by Gasteiger charge is 2.08. The molecule has 0 radical (unpaired) electrons. The van der Waals surface area contributed by atoms with Gasteiger partial charge in [0.15, 0.2) is 0 Å². The van der Waals surface area contributed by atoms with Gasteiger partial charge in [-0.05, 0) is 42.7 Å². The van der Waals surface area contributed by atoms with Crippen LogP contribution in [0.5, 0.6) is 0 Å². The largest absolute Gasteiger partial charge is 0.339 e. The van der Waals surface area contributed by atoms with Crippen molar-refractivity contribution in [3.05, 3.63) is 71.4 Å². The Labute approximate surface area is 147 Å². The number of nitriles is 1. The van der Waals surface area contributed by atoms with Crippen LogP contribution < -0.4 is 10.6 Å². The van der Waals surface area contributed by atoms with E-state index in [0.29, 0.717) is 17.3 Å². The Morgan fingerprint density at radius 2 is 1.88 bits per heavy atom. The molecule has 3 aromatic rings. The summed E-state index contributed by atoms with van der Waals surface area (Å²) in [5.74, 6) is 1.15. The molecule has 2 aromatic carbocycles. The lowest BCUT2D eigenvalue weighted by molar-refractivity contribution is 1.11. The van der Waals surface area contributed by atoms with Gasteiger partial charge >= 0.3 is 0 Å². The average molecular weight is 329 g/mol. The lowest BCUT2D eigenvalue weighted by Gasteiger charge is -2.13. The molecule has 0 spiro atoms. The maximum absolute atomic E-state index is 9.20. The number of hydrogen-bond donors (Lipinski definition) is 2. The highest BCUT2D eigenvalue weighted by atomic mass is 15.1. The summed E-state index contributed by atoms with van der Waals surface area (Å²) < 4.78 is 0. The van der Waals surface area contributed by atoms with Gasteiger partial charge in [-0.1, -0.05) is 37.3 Å². The van der Waals surface area contributed by atoms with Gasteiger partial charge < -0.3 is 10.6 Å². The molecule has 0 amide bonds. The number of aryl methyl sites for hydroxylation is 2. The fourth-order valence-electron chi connectivity index (χ4n) is 2.63. The number of hydrogen-bond acceptors (Lipinski definition) is 5. The number of rotatable bonds is 5.